The van der Waals surface area contributed by atoms with Crippen molar-refractivity contribution < 1.29 is 15.3 Å². The standard InChI is InChI=1S/C14H15NO3/c1-8-11(4-3-5-12(8)16)15-10-6-13(17)9(2)14(18)7-10/h3-7,15-18H,1-2H3. The summed E-state index contributed by atoms with van der Waals surface area (Å²) in [6.45, 7) is 3.42. The zero-order chi connectivity index (χ0) is 13.3. The Bertz CT molecular complexity index is 571. The van der Waals surface area contributed by atoms with E-state index < -0.39 is 0 Å². The fraction of sp³-hybridized carbons (Fsp3) is 0.143. The second-order valence-corrected chi connectivity index (χ2v) is 4.21. The Morgan fingerprint density at radius 2 is 1.44 bits per heavy atom. The molecule has 94 valence electrons. The van der Waals surface area contributed by atoms with E-state index in [-0.39, 0.29) is 17.2 Å². The molecule has 0 unspecified atom stereocenters. The molecule has 0 aliphatic rings. The van der Waals surface area contributed by atoms with E-state index in [1.54, 1.807) is 26.0 Å². The highest BCUT2D eigenvalue weighted by molar-refractivity contribution is 5.68. The molecule has 0 atom stereocenters. The fourth-order valence-corrected chi connectivity index (χ4v) is 1.67. The van der Waals surface area contributed by atoms with Gasteiger partial charge in [-0.2, -0.15) is 0 Å². The minimum atomic E-state index is 0.0234. The predicted octanol–water partition coefficient (Wildman–Crippen LogP) is 3.16. The lowest BCUT2D eigenvalue weighted by Gasteiger charge is -2.12. The van der Waals surface area contributed by atoms with Crippen LogP contribution in [-0.2, 0) is 0 Å². The van der Waals surface area contributed by atoms with Crippen molar-refractivity contribution in [3.63, 3.8) is 0 Å². The number of hydrogen-bond acceptors (Lipinski definition) is 4. The first-order chi connectivity index (χ1) is 8.49. The van der Waals surface area contributed by atoms with Crippen LogP contribution < -0.4 is 5.32 Å². The van der Waals surface area contributed by atoms with Crippen molar-refractivity contribution in [2.45, 2.75) is 13.8 Å². The van der Waals surface area contributed by atoms with E-state index in [4.69, 9.17) is 0 Å². The molecule has 0 aliphatic carbocycles. The lowest BCUT2D eigenvalue weighted by Crippen LogP contribution is -1.93. The number of phenols is 3. The van der Waals surface area contributed by atoms with Crippen molar-refractivity contribution in [3.8, 4) is 17.2 Å². The molecule has 0 fully saturated rings. The maximum atomic E-state index is 9.63. The molecule has 0 saturated heterocycles. The van der Waals surface area contributed by atoms with Gasteiger partial charge in [-0.1, -0.05) is 6.07 Å². The fourth-order valence-electron chi connectivity index (χ4n) is 1.67. The number of rotatable bonds is 2. The molecular weight excluding hydrogens is 230 g/mol. The lowest BCUT2D eigenvalue weighted by molar-refractivity contribution is 0.444. The Labute approximate surface area is 105 Å². The molecular formula is C14H15NO3. The Morgan fingerprint density at radius 1 is 0.833 bits per heavy atom. The molecule has 4 N–H and O–H groups in total. The van der Waals surface area contributed by atoms with Crippen LogP contribution in [-0.4, -0.2) is 15.3 Å². The van der Waals surface area contributed by atoms with Crippen LogP contribution in [0.4, 0.5) is 11.4 Å². The highest BCUT2D eigenvalue weighted by Gasteiger charge is 2.07. The summed E-state index contributed by atoms with van der Waals surface area (Å²) in [6.07, 6.45) is 0. The summed E-state index contributed by atoms with van der Waals surface area (Å²) in [4.78, 5) is 0. The highest BCUT2D eigenvalue weighted by Crippen LogP contribution is 2.33. The Balaban J connectivity index is 2.37. The van der Waals surface area contributed by atoms with Gasteiger partial charge in [0.15, 0.2) is 0 Å². The topological polar surface area (TPSA) is 72.7 Å². The van der Waals surface area contributed by atoms with E-state index in [0.29, 0.717) is 16.8 Å². The molecule has 0 bridgehead atoms. The van der Waals surface area contributed by atoms with Crippen molar-refractivity contribution in [2.24, 2.45) is 0 Å². The van der Waals surface area contributed by atoms with Crippen LogP contribution in [0.3, 0.4) is 0 Å². The van der Waals surface area contributed by atoms with Gasteiger partial charge in [0.1, 0.15) is 17.2 Å². The minimum absolute atomic E-state index is 0.0234. The number of benzene rings is 2. The summed E-state index contributed by atoms with van der Waals surface area (Å²) in [5, 5.41) is 31.9. The summed E-state index contributed by atoms with van der Waals surface area (Å²) in [6, 6.07) is 8.18. The van der Waals surface area contributed by atoms with Gasteiger partial charge in [-0.15, -0.1) is 0 Å². The third kappa shape index (κ3) is 2.18. The second-order valence-electron chi connectivity index (χ2n) is 4.21. The molecule has 2 aromatic carbocycles. The van der Waals surface area contributed by atoms with Gasteiger partial charge in [0.05, 0.1) is 0 Å². The minimum Gasteiger partial charge on any atom is -0.508 e. The normalized spacial score (nSPS) is 10.3. The lowest BCUT2D eigenvalue weighted by atomic mass is 10.1. The molecule has 4 heteroatoms. The number of hydrogen-bond donors (Lipinski definition) is 4. The smallest absolute Gasteiger partial charge is 0.124 e. The van der Waals surface area contributed by atoms with Gasteiger partial charge in [0.2, 0.25) is 0 Å². The molecule has 0 aromatic heterocycles. The van der Waals surface area contributed by atoms with Gasteiger partial charge in [-0.25, -0.2) is 0 Å². The van der Waals surface area contributed by atoms with E-state index in [1.165, 1.54) is 12.1 Å². The van der Waals surface area contributed by atoms with Crippen LogP contribution in [0.15, 0.2) is 30.3 Å². The molecule has 0 spiro atoms. The van der Waals surface area contributed by atoms with Crippen molar-refractivity contribution >= 4 is 11.4 Å². The van der Waals surface area contributed by atoms with E-state index >= 15 is 0 Å². The number of nitrogens with one attached hydrogen (secondary N) is 1. The van der Waals surface area contributed by atoms with Crippen LogP contribution >= 0.6 is 0 Å². The summed E-state index contributed by atoms with van der Waals surface area (Å²) < 4.78 is 0. The summed E-state index contributed by atoms with van der Waals surface area (Å²) in [7, 11) is 0. The maximum Gasteiger partial charge on any atom is 0.124 e. The van der Waals surface area contributed by atoms with Crippen LogP contribution in [0.5, 0.6) is 17.2 Å². The van der Waals surface area contributed by atoms with E-state index in [2.05, 4.69) is 5.32 Å². The Kier molecular flexibility index (Phi) is 3.02. The first-order valence-electron chi connectivity index (χ1n) is 5.57. The number of aromatic hydroxyl groups is 3. The van der Waals surface area contributed by atoms with Crippen molar-refractivity contribution in [1.29, 1.82) is 0 Å². The SMILES string of the molecule is Cc1c(O)cc(Nc2cccc(O)c2C)cc1O. The third-order valence-electron chi connectivity index (χ3n) is 2.94. The highest BCUT2D eigenvalue weighted by atomic mass is 16.3. The van der Waals surface area contributed by atoms with Gasteiger partial charge < -0.3 is 20.6 Å². The zero-order valence-electron chi connectivity index (χ0n) is 10.2. The largest absolute Gasteiger partial charge is 0.508 e. The molecule has 0 saturated carbocycles. The first kappa shape index (κ1) is 12.1. The summed E-state index contributed by atoms with van der Waals surface area (Å²) in [5.41, 5.74) is 2.42. The molecule has 4 nitrogen and oxygen atoms in total. The van der Waals surface area contributed by atoms with E-state index in [9.17, 15) is 15.3 Å². The molecule has 0 amide bonds. The van der Waals surface area contributed by atoms with Gasteiger partial charge >= 0.3 is 0 Å². The maximum absolute atomic E-state index is 9.63. The monoisotopic (exact) mass is 245 g/mol. The molecule has 0 heterocycles. The quantitative estimate of drug-likeness (QED) is 0.655. The Hall–Kier alpha value is -2.36. The zero-order valence-corrected chi connectivity index (χ0v) is 10.2. The van der Waals surface area contributed by atoms with E-state index in [0.717, 1.165) is 5.69 Å². The number of anilines is 2. The third-order valence-corrected chi connectivity index (χ3v) is 2.94. The molecule has 2 rings (SSSR count). The number of phenolic OH excluding ortho intramolecular Hbond substituents is 3. The van der Waals surface area contributed by atoms with Crippen molar-refractivity contribution in [1.82, 2.24) is 0 Å². The molecule has 18 heavy (non-hydrogen) atoms. The predicted molar refractivity (Wildman–Crippen MR) is 70.6 cm³/mol. The summed E-state index contributed by atoms with van der Waals surface area (Å²) >= 11 is 0. The second kappa shape index (κ2) is 4.49. The average molecular weight is 245 g/mol. The van der Waals surface area contributed by atoms with Crippen molar-refractivity contribution in [2.75, 3.05) is 5.32 Å². The van der Waals surface area contributed by atoms with Gasteiger partial charge in [0.25, 0.3) is 0 Å². The average Bonchev–Trinajstić information content (AvgIpc) is 2.32. The Morgan fingerprint density at radius 3 is 2.06 bits per heavy atom. The van der Waals surface area contributed by atoms with Crippen LogP contribution in [0.25, 0.3) is 0 Å². The molecule has 2 aromatic rings. The molecule has 0 radical (unpaired) electrons. The molecule has 0 aliphatic heterocycles. The van der Waals surface area contributed by atoms with Crippen LogP contribution in [0, 0.1) is 13.8 Å². The van der Waals surface area contributed by atoms with Gasteiger partial charge in [0, 0.05) is 34.6 Å². The first-order valence-corrected chi connectivity index (χ1v) is 5.57. The van der Waals surface area contributed by atoms with E-state index in [1.807, 2.05) is 6.07 Å². The van der Waals surface area contributed by atoms with Crippen LogP contribution in [0.1, 0.15) is 11.1 Å². The van der Waals surface area contributed by atoms with Gasteiger partial charge in [-0.3, -0.25) is 0 Å². The van der Waals surface area contributed by atoms with Crippen LogP contribution in [0.2, 0.25) is 0 Å². The summed E-state index contributed by atoms with van der Waals surface area (Å²) in [5.74, 6) is 0.242. The van der Waals surface area contributed by atoms with Gasteiger partial charge in [-0.05, 0) is 26.0 Å². The van der Waals surface area contributed by atoms with Crippen molar-refractivity contribution in [3.05, 3.63) is 41.5 Å².